The van der Waals surface area contributed by atoms with Crippen molar-refractivity contribution >= 4 is 24.0 Å². The molecule has 0 radical (unpaired) electrons. The van der Waals surface area contributed by atoms with E-state index in [0.29, 0.717) is 36.8 Å². The number of amides is 1. The Morgan fingerprint density at radius 2 is 1.62 bits per heavy atom. The Morgan fingerprint density at radius 3 is 2.21 bits per heavy atom. The first-order valence-corrected chi connectivity index (χ1v) is 7.68. The van der Waals surface area contributed by atoms with Crippen molar-refractivity contribution in [2.45, 2.75) is 20.4 Å². The zero-order chi connectivity index (χ0) is 16.7. The molecular weight excluding hydrogens is 328 g/mol. The molecule has 0 aromatic heterocycles. The number of carbonyl (C=O) groups is 1. The van der Waals surface area contributed by atoms with E-state index in [9.17, 15) is 4.79 Å². The number of carbonyl (C=O) groups excluding carboxylic acids is 1. The summed E-state index contributed by atoms with van der Waals surface area (Å²) in [6, 6.07) is 12.6. The van der Waals surface area contributed by atoms with Crippen LogP contribution in [0, 0.1) is 0 Å². The molecule has 0 spiro atoms. The van der Waals surface area contributed by atoms with Crippen LogP contribution in [0.1, 0.15) is 29.8 Å². The summed E-state index contributed by atoms with van der Waals surface area (Å²) in [6.45, 7) is 5.32. The van der Waals surface area contributed by atoms with Crippen molar-refractivity contribution in [3.63, 3.8) is 0 Å². The normalized spacial score (nSPS) is 9.79. The minimum Gasteiger partial charge on any atom is -0.490 e. The molecule has 0 atom stereocenters. The molecule has 0 aliphatic rings. The van der Waals surface area contributed by atoms with Gasteiger partial charge in [-0.05, 0) is 49.7 Å². The number of hydrogen-bond donors (Lipinski definition) is 2. The Bertz CT molecular complexity index is 660. The highest BCUT2D eigenvalue weighted by Gasteiger charge is 2.11. The van der Waals surface area contributed by atoms with Crippen LogP contribution in [0.25, 0.3) is 0 Å². The summed E-state index contributed by atoms with van der Waals surface area (Å²) in [5, 5.41) is 2.85. The minimum absolute atomic E-state index is 0. The van der Waals surface area contributed by atoms with Crippen molar-refractivity contribution < 1.29 is 14.3 Å². The van der Waals surface area contributed by atoms with Crippen LogP contribution in [0.15, 0.2) is 42.5 Å². The van der Waals surface area contributed by atoms with Gasteiger partial charge in [-0.15, -0.1) is 12.4 Å². The van der Waals surface area contributed by atoms with Gasteiger partial charge >= 0.3 is 0 Å². The number of benzene rings is 2. The summed E-state index contributed by atoms with van der Waals surface area (Å²) < 4.78 is 11.0. The van der Waals surface area contributed by atoms with E-state index in [1.807, 2.05) is 38.1 Å². The number of anilines is 1. The standard InChI is InChI=1S/C18H22N2O3.ClH/c1-3-22-16-10-7-14(11-17(16)23-4-2)18(21)20-15-8-5-13(12-19)6-9-15;/h5-11H,3-4,12,19H2,1-2H3,(H,20,21);1H. The average molecular weight is 351 g/mol. The van der Waals surface area contributed by atoms with Crippen molar-refractivity contribution in [1.82, 2.24) is 0 Å². The molecule has 2 rings (SSSR count). The molecule has 0 aliphatic heterocycles. The van der Waals surface area contributed by atoms with E-state index in [4.69, 9.17) is 15.2 Å². The van der Waals surface area contributed by atoms with Crippen molar-refractivity contribution in [3.05, 3.63) is 53.6 Å². The minimum atomic E-state index is -0.200. The summed E-state index contributed by atoms with van der Waals surface area (Å²) in [4.78, 5) is 12.4. The fourth-order valence-corrected chi connectivity index (χ4v) is 2.12. The van der Waals surface area contributed by atoms with Gasteiger partial charge in [0.2, 0.25) is 0 Å². The molecule has 6 heteroatoms. The highest BCUT2D eigenvalue weighted by atomic mass is 35.5. The number of halogens is 1. The van der Waals surface area contributed by atoms with E-state index >= 15 is 0 Å². The molecule has 2 aromatic rings. The van der Waals surface area contributed by atoms with Gasteiger partial charge in [0.15, 0.2) is 11.5 Å². The van der Waals surface area contributed by atoms with E-state index in [-0.39, 0.29) is 18.3 Å². The molecule has 0 unspecified atom stereocenters. The first-order chi connectivity index (χ1) is 11.2. The topological polar surface area (TPSA) is 73.6 Å². The van der Waals surface area contributed by atoms with Crippen LogP contribution in [0.3, 0.4) is 0 Å². The molecule has 0 bridgehead atoms. The van der Waals surface area contributed by atoms with Gasteiger partial charge in [-0.2, -0.15) is 0 Å². The van der Waals surface area contributed by atoms with Gasteiger partial charge in [-0.1, -0.05) is 12.1 Å². The lowest BCUT2D eigenvalue weighted by Crippen LogP contribution is -2.12. The summed E-state index contributed by atoms with van der Waals surface area (Å²) in [6.07, 6.45) is 0. The second kappa shape index (κ2) is 9.80. The Labute approximate surface area is 148 Å². The van der Waals surface area contributed by atoms with Crippen LogP contribution in [0.5, 0.6) is 11.5 Å². The molecule has 3 N–H and O–H groups in total. The van der Waals surface area contributed by atoms with Gasteiger partial charge < -0.3 is 20.5 Å². The van der Waals surface area contributed by atoms with Crippen LogP contribution < -0.4 is 20.5 Å². The van der Waals surface area contributed by atoms with Gasteiger partial charge in [0.1, 0.15) is 0 Å². The monoisotopic (exact) mass is 350 g/mol. The summed E-state index contributed by atoms with van der Waals surface area (Å²) in [5.41, 5.74) is 7.81. The Morgan fingerprint density at radius 1 is 1.00 bits per heavy atom. The van der Waals surface area contributed by atoms with Gasteiger partial charge in [-0.25, -0.2) is 0 Å². The first kappa shape index (κ1) is 19.8. The van der Waals surface area contributed by atoms with Crippen LogP contribution in [-0.4, -0.2) is 19.1 Å². The summed E-state index contributed by atoms with van der Waals surface area (Å²) >= 11 is 0. The first-order valence-electron chi connectivity index (χ1n) is 7.68. The average Bonchev–Trinajstić information content (AvgIpc) is 2.57. The molecule has 0 saturated heterocycles. The quantitative estimate of drug-likeness (QED) is 0.799. The van der Waals surface area contributed by atoms with Gasteiger partial charge in [0.05, 0.1) is 13.2 Å². The lowest BCUT2D eigenvalue weighted by molar-refractivity contribution is 0.102. The van der Waals surface area contributed by atoms with Crippen LogP contribution >= 0.6 is 12.4 Å². The molecule has 0 heterocycles. The van der Waals surface area contributed by atoms with Crippen molar-refractivity contribution in [1.29, 1.82) is 0 Å². The molecule has 0 fully saturated rings. The van der Waals surface area contributed by atoms with Crippen molar-refractivity contribution in [2.75, 3.05) is 18.5 Å². The maximum absolute atomic E-state index is 12.4. The largest absolute Gasteiger partial charge is 0.490 e. The molecule has 0 saturated carbocycles. The van der Waals surface area contributed by atoms with Gasteiger partial charge in [0, 0.05) is 17.8 Å². The molecule has 1 amide bonds. The van der Waals surface area contributed by atoms with E-state index < -0.39 is 0 Å². The Balaban J connectivity index is 0.00000288. The lowest BCUT2D eigenvalue weighted by atomic mass is 10.1. The highest BCUT2D eigenvalue weighted by molar-refractivity contribution is 6.04. The lowest BCUT2D eigenvalue weighted by Gasteiger charge is -2.12. The predicted molar refractivity (Wildman–Crippen MR) is 98.3 cm³/mol. The van der Waals surface area contributed by atoms with Crippen molar-refractivity contribution in [3.8, 4) is 11.5 Å². The molecule has 24 heavy (non-hydrogen) atoms. The second-order valence-corrected chi connectivity index (χ2v) is 4.88. The van der Waals surface area contributed by atoms with E-state index in [0.717, 1.165) is 11.3 Å². The number of rotatable bonds is 7. The maximum Gasteiger partial charge on any atom is 0.255 e. The number of hydrogen-bond acceptors (Lipinski definition) is 4. The van der Waals surface area contributed by atoms with Crippen LogP contribution in [-0.2, 0) is 6.54 Å². The maximum atomic E-state index is 12.4. The molecule has 0 aliphatic carbocycles. The fourth-order valence-electron chi connectivity index (χ4n) is 2.12. The SMILES string of the molecule is CCOc1ccc(C(=O)Nc2ccc(CN)cc2)cc1OCC.Cl. The fraction of sp³-hybridized carbons (Fsp3) is 0.278. The van der Waals surface area contributed by atoms with Gasteiger partial charge in [0.25, 0.3) is 5.91 Å². The molecule has 5 nitrogen and oxygen atoms in total. The third kappa shape index (κ3) is 5.15. The Kier molecular flexibility index (Phi) is 8.09. The molecule has 2 aromatic carbocycles. The summed E-state index contributed by atoms with van der Waals surface area (Å²) in [5.74, 6) is 1.01. The van der Waals surface area contributed by atoms with E-state index in [1.54, 1.807) is 18.2 Å². The number of ether oxygens (including phenoxy) is 2. The smallest absolute Gasteiger partial charge is 0.255 e. The zero-order valence-electron chi connectivity index (χ0n) is 13.9. The van der Waals surface area contributed by atoms with Crippen molar-refractivity contribution in [2.24, 2.45) is 5.73 Å². The highest BCUT2D eigenvalue weighted by Crippen LogP contribution is 2.28. The van der Waals surface area contributed by atoms with E-state index in [2.05, 4.69) is 5.32 Å². The number of nitrogens with two attached hydrogens (primary N) is 1. The van der Waals surface area contributed by atoms with E-state index in [1.165, 1.54) is 0 Å². The third-order valence-corrected chi connectivity index (χ3v) is 3.25. The Hall–Kier alpha value is -2.24. The van der Waals surface area contributed by atoms with Crippen LogP contribution in [0.2, 0.25) is 0 Å². The molecular formula is C18H23ClN2O3. The number of nitrogens with one attached hydrogen (secondary N) is 1. The van der Waals surface area contributed by atoms with Gasteiger partial charge in [-0.3, -0.25) is 4.79 Å². The predicted octanol–water partition coefficient (Wildman–Crippen LogP) is 3.62. The second-order valence-electron chi connectivity index (χ2n) is 4.88. The zero-order valence-corrected chi connectivity index (χ0v) is 14.7. The third-order valence-electron chi connectivity index (χ3n) is 3.25. The van der Waals surface area contributed by atoms with Crippen LogP contribution in [0.4, 0.5) is 5.69 Å². The summed E-state index contributed by atoms with van der Waals surface area (Å²) in [7, 11) is 0. The molecule has 130 valence electrons.